The van der Waals surface area contributed by atoms with Crippen molar-refractivity contribution in [2.24, 2.45) is 11.8 Å². The third-order valence-corrected chi connectivity index (χ3v) is 3.17. The lowest BCUT2D eigenvalue weighted by Crippen LogP contribution is -2.35. The van der Waals surface area contributed by atoms with Gasteiger partial charge in [0.25, 0.3) is 0 Å². The number of rotatable bonds is 1. The van der Waals surface area contributed by atoms with E-state index in [-0.39, 0.29) is 11.7 Å². The summed E-state index contributed by atoms with van der Waals surface area (Å²) in [7, 11) is 0. The van der Waals surface area contributed by atoms with Crippen molar-refractivity contribution in [1.29, 1.82) is 0 Å². The maximum atomic E-state index is 11.8. The number of hydrogen-bond donors (Lipinski definition) is 0. The van der Waals surface area contributed by atoms with Gasteiger partial charge >= 0.3 is 6.09 Å². The van der Waals surface area contributed by atoms with Gasteiger partial charge in [-0.05, 0) is 51.9 Å². The standard InChI is InChI=1S/C12H21NO2/c1-12(2,3)15-11(14)13-7-6-10(8-13)9-4-5-9/h9-10H,4-8H2,1-3H3. The monoisotopic (exact) mass is 211 g/mol. The molecule has 1 aliphatic carbocycles. The quantitative estimate of drug-likeness (QED) is 0.667. The summed E-state index contributed by atoms with van der Waals surface area (Å²) in [4.78, 5) is 13.6. The number of nitrogens with zero attached hydrogens (tertiary/aromatic N) is 1. The van der Waals surface area contributed by atoms with Crippen molar-refractivity contribution in [1.82, 2.24) is 4.90 Å². The van der Waals surface area contributed by atoms with E-state index >= 15 is 0 Å². The fourth-order valence-electron chi connectivity index (χ4n) is 2.23. The van der Waals surface area contributed by atoms with E-state index in [2.05, 4.69) is 0 Å². The van der Waals surface area contributed by atoms with Crippen LogP contribution in [-0.4, -0.2) is 29.7 Å². The third kappa shape index (κ3) is 2.86. The fraction of sp³-hybridized carbons (Fsp3) is 0.917. The Morgan fingerprint density at radius 3 is 2.40 bits per heavy atom. The Morgan fingerprint density at radius 1 is 1.20 bits per heavy atom. The van der Waals surface area contributed by atoms with Crippen LogP contribution in [0.1, 0.15) is 40.0 Å². The number of carbonyl (C=O) groups is 1. The molecule has 86 valence electrons. The predicted octanol–water partition coefficient (Wildman–Crippen LogP) is 2.65. The van der Waals surface area contributed by atoms with Crippen molar-refractivity contribution in [3.8, 4) is 0 Å². The Balaban J connectivity index is 1.82. The Kier molecular flexibility index (Phi) is 2.65. The molecule has 2 rings (SSSR count). The second-order valence-corrected chi connectivity index (χ2v) is 5.81. The largest absolute Gasteiger partial charge is 0.444 e. The van der Waals surface area contributed by atoms with Gasteiger partial charge in [-0.15, -0.1) is 0 Å². The molecule has 0 radical (unpaired) electrons. The van der Waals surface area contributed by atoms with Crippen LogP contribution in [0, 0.1) is 11.8 Å². The molecule has 3 nitrogen and oxygen atoms in total. The summed E-state index contributed by atoms with van der Waals surface area (Å²) >= 11 is 0. The molecule has 1 atom stereocenters. The van der Waals surface area contributed by atoms with Gasteiger partial charge in [0.1, 0.15) is 5.60 Å². The highest BCUT2D eigenvalue weighted by Gasteiger charge is 2.38. The zero-order chi connectivity index (χ0) is 11.1. The molecule has 0 aromatic carbocycles. The Bertz CT molecular complexity index is 253. The predicted molar refractivity (Wildman–Crippen MR) is 58.6 cm³/mol. The molecular formula is C12H21NO2. The smallest absolute Gasteiger partial charge is 0.410 e. The summed E-state index contributed by atoms with van der Waals surface area (Å²) < 4.78 is 5.36. The first-order valence-corrected chi connectivity index (χ1v) is 5.93. The Morgan fingerprint density at radius 2 is 1.87 bits per heavy atom. The molecule has 1 saturated carbocycles. The minimum Gasteiger partial charge on any atom is -0.444 e. The fourth-order valence-corrected chi connectivity index (χ4v) is 2.23. The molecule has 1 heterocycles. The summed E-state index contributed by atoms with van der Waals surface area (Å²) in [5.41, 5.74) is -0.366. The van der Waals surface area contributed by atoms with Crippen molar-refractivity contribution in [2.75, 3.05) is 13.1 Å². The first-order valence-electron chi connectivity index (χ1n) is 5.93. The van der Waals surface area contributed by atoms with Gasteiger partial charge in [0.2, 0.25) is 0 Å². The van der Waals surface area contributed by atoms with Crippen molar-refractivity contribution < 1.29 is 9.53 Å². The van der Waals surface area contributed by atoms with Crippen LogP contribution in [0.25, 0.3) is 0 Å². The van der Waals surface area contributed by atoms with Gasteiger partial charge in [-0.3, -0.25) is 0 Å². The molecule has 1 amide bonds. The highest BCUT2D eigenvalue weighted by atomic mass is 16.6. The van der Waals surface area contributed by atoms with Crippen LogP contribution in [0.4, 0.5) is 4.79 Å². The normalized spacial score (nSPS) is 26.9. The molecule has 1 saturated heterocycles. The van der Waals surface area contributed by atoms with E-state index < -0.39 is 0 Å². The zero-order valence-corrected chi connectivity index (χ0v) is 9.95. The molecule has 2 fully saturated rings. The Labute approximate surface area is 91.8 Å². The zero-order valence-electron chi connectivity index (χ0n) is 9.95. The first kappa shape index (κ1) is 10.8. The highest BCUT2D eigenvalue weighted by Crippen LogP contribution is 2.41. The van der Waals surface area contributed by atoms with E-state index in [9.17, 15) is 4.79 Å². The SMILES string of the molecule is CC(C)(C)OC(=O)N1CCC(C2CC2)C1. The van der Waals surface area contributed by atoms with Crippen molar-refractivity contribution in [2.45, 2.75) is 45.6 Å². The van der Waals surface area contributed by atoms with Gasteiger partial charge in [0, 0.05) is 13.1 Å². The highest BCUT2D eigenvalue weighted by molar-refractivity contribution is 5.68. The summed E-state index contributed by atoms with van der Waals surface area (Å²) in [5.74, 6) is 1.65. The number of amides is 1. The first-order chi connectivity index (χ1) is 6.96. The van der Waals surface area contributed by atoms with E-state index in [0.29, 0.717) is 0 Å². The molecule has 1 unspecified atom stereocenters. The summed E-state index contributed by atoms with van der Waals surface area (Å²) in [5, 5.41) is 0. The van der Waals surface area contributed by atoms with Crippen LogP contribution in [-0.2, 0) is 4.74 Å². The lowest BCUT2D eigenvalue weighted by molar-refractivity contribution is 0.0287. The molecule has 0 spiro atoms. The molecule has 15 heavy (non-hydrogen) atoms. The minimum absolute atomic E-state index is 0.134. The number of carbonyl (C=O) groups excluding carboxylic acids is 1. The summed E-state index contributed by atoms with van der Waals surface area (Å²) in [6.45, 7) is 7.55. The van der Waals surface area contributed by atoms with E-state index in [0.717, 1.165) is 24.9 Å². The molecule has 2 aliphatic rings. The van der Waals surface area contributed by atoms with Crippen molar-refractivity contribution in [3.05, 3.63) is 0 Å². The molecule has 0 N–H and O–H groups in total. The minimum atomic E-state index is -0.366. The van der Waals surface area contributed by atoms with Gasteiger partial charge in [-0.1, -0.05) is 0 Å². The van der Waals surface area contributed by atoms with Crippen LogP contribution >= 0.6 is 0 Å². The van der Waals surface area contributed by atoms with Crippen LogP contribution in [0.5, 0.6) is 0 Å². The second-order valence-electron chi connectivity index (χ2n) is 5.81. The van der Waals surface area contributed by atoms with Gasteiger partial charge in [-0.2, -0.15) is 0 Å². The van der Waals surface area contributed by atoms with Crippen LogP contribution in [0.3, 0.4) is 0 Å². The van der Waals surface area contributed by atoms with Gasteiger partial charge < -0.3 is 9.64 Å². The number of likely N-dealkylation sites (tertiary alicyclic amines) is 1. The summed E-state index contributed by atoms with van der Waals surface area (Å²) in [6, 6.07) is 0. The molecule has 1 aliphatic heterocycles. The lowest BCUT2D eigenvalue weighted by Gasteiger charge is -2.24. The van der Waals surface area contributed by atoms with Crippen LogP contribution in [0.2, 0.25) is 0 Å². The third-order valence-electron chi connectivity index (χ3n) is 3.17. The average Bonchev–Trinajstić information content (AvgIpc) is 2.81. The molecule has 0 bridgehead atoms. The molecule has 0 aromatic heterocycles. The second kappa shape index (κ2) is 3.69. The maximum Gasteiger partial charge on any atom is 0.410 e. The Hall–Kier alpha value is -0.730. The van der Waals surface area contributed by atoms with Crippen molar-refractivity contribution in [3.63, 3.8) is 0 Å². The van der Waals surface area contributed by atoms with Crippen LogP contribution < -0.4 is 0 Å². The number of hydrogen-bond acceptors (Lipinski definition) is 2. The maximum absolute atomic E-state index is 11.8. The summed E-state index contributed by atoms with van der Waals surface area (Å²) in [6.07, 6.45) is 3.77. The van der Waals surface area contributed by atoms with Gasteiger partial charge in [0.15, 0.2) is 0 Å². The van der Waals surface area contributed by atoms with Gasteiger partial charge in [-0.25, -0.2) is 4.79 Å². The average molecular weight is 211 g/mol. The van der Waals surface area contributed by atoms with E-state index in [1.165, 1.54) is 19.3 Å². The lowest BCUT2D eigenvalue weighted by atomic mass is 10.0. The van der Waals surface area contributed by atoms with E-state index in [4.69, 9.17) is 4.74 Å². The molecular weight excluding hydrogens is 190 g/mol. The molecule has 0 aromatic rings. The molecule has 3 heteroatoms. The van der Waals surface area contributed by atoms with Crippen LogP contribution in [0.15, 0.2) is 0 Å². The van der Waals surface area contributed by atoms with E-state index in [1.807, 2.05) is 25.7 Å². The number of ether oxygens (including phenoxy) is 1. The van der Waals surface area contributed by atoms with Crippen molar-refractivity contribution >= 4 is 6.09 Å². The van der Waals surface area contributed by atoms with E-state index in [1.54, 1.807) is 0 Å². The topological polar surface area (TPSA) is 29.5 Å². The van der Waals surface area contributed by atoms with Gasteiger partial charge in [0.05, 0.1) is 0 Å².